The first-order valence-electron chi connectivity index (χ1n) is 9.33. The van der Waals surface area contributed by atoms with E-state index in [0.717, 1.165) is 32.5 Å². The van der Waals surface area contributed by atoms with E-state index in [4.69, 9.17) is 0 Å². The summed E-state index contributed by atoms with van der Waals surface area (Å²) < 4.78 is 3.09. The topological polar surface area (TPSA) is 71.6 Å². The van der Waals surface area contributed by atoms with Crippen molar-refractivity contribution in [2.75, 3.05) is 19.6 Å². The fourth-order valence-electron chi connectivity index (χ4n) is 3.51. The summed E-state index contributed by atoms with van der Waals surface area (Å²) in [5.74, 6) is -0.00898. The van der Waals surface area contributed by atoms with Gasteiger partial charge in [-0.1, -0.05) is 24.3 Å². The number of carbonyl (C=O) groups excluding carboxylic acids is 1. The number of piperidine rings is 1. The summed E-state index contributed by atoms with van der Waals surface area (Å²) >= 11 is 0. The number of pyridine rings is 1. The molecule has 3 heterocycles. The first kappa shape index (κ1) is 17.5. The van der Waals surface area contributed by atoms with Gasteiger partial charge in [-0.15, -0.1) is 5.10 Å². The molecule has 2 aromatic heterocycles. The van der Waals surface area contributed by atoms with Gasteiger partial charge in [-0.05, 0) is 37.1 Å². The average molecular weight is 365 g/mol. The molecule has 3 aromatic rings. The van der Waals surface area contributed by atoms with Crippen molar-refractivity contribution in [1.82, 2.24) is 24.4 Å². The summed E-state index contributed by atoms with van der Waals surface area (Å²) in [5.41, 5.74) is 1.27. The van der Waals surface area contributed by atoms with Crippen LogP contribution in [0.4, 0.5) is 0 Å². The molecule has 1 aliphatic heterocycles. The smallest absolute Gasteiger partial charge is 0.349 e. The van der Waals surface area contributed by atoms with Crippen LogP contribution in [0.1, 0.15) is 23.2 Å². The van der Waals surface area contributed by atoms with Crippen molar-refractivity contribution in [3.63, 3.8) is 0 Å². The van der Waals surface area contributed by atoms with Crippen molar-refractivity contribution in [2.24, 2.45) is 0 Å². The molecule has 1 aliphatic rings. The van der Waals surface area contributed by atoms with Gasteiger partial charge in [-0.25, -0.2) is 9.48 Å². The van der Waals surface area contributed by atoms with Crippen molar-refractivity contribution < 1.29 is 4.79 Å². The normalized spacial score (nSPS) is 15.9. The molecular formula is C20H23N5O2. The minimum Gasteiger partial charge on any atom is -0.349 e. The lowest BCUT2D eigenvalue weighted by molar-refractivity contribution is 0.0909. The van der Waals surface area contributed by atoms with Crippen LogP contribution in [0.5, 0.6) is 0 Å². The molecule has 0 unspecified atom stereocenters. The third kappa shape index (κ3) is 3.93. The Morgan fingerprint density at radius 3 is 2.52 bits per heavy atom. The second-order valence-corrected chi connectivity index (χ2v) is 6.89. The Hall–Kier alpha value is -2.93. The monoisotopic (exact) mass is 365 g/mol. The van der Waals surface area contributed by atoms with Gasteiger partial charge in [-0.2, -0.15) is 0 Å². The number of amides is 1. The molecule has 140 valence electrons. The van der Waals surface area contributed by atoms with Gasteiger partial charge in [0.2, 0.25) is 0 Å². The van der Waals surface area contributed by atoms with E-state index in [0.29, 0.717) is 17.8 Å². The van der Waals surface area contributed by atoms with Crippen LogP contribution in [0.2, 0.25) is 0 Å². The standard InChI is InChI=1S/C20H23N5O2/c26-19(16-6-2-1-3-7-16)21-17-9-12-23(13-10-17)14-15-25-20(27)24-11-5-4-8-18(24)22-25/h1-8,11,17H,9-10,12-15H2,(H,21,26). The molecule has 0 atom stereocenters. The van der Waals surface area contributed by atoms with E-state index >= 15 is 0 Å². The second kappa shape index (κ2) is 7.75. The molecule has 4 rings (SSSR count). The predicted octanol–water partition coefficient (Wildman–Crippen LogP) is 1.39. The maximum absolute atomic E-state index is 12.3. The summed E-state index contributed by atoms with van der Waals surface area (Å²) in [7, 11) is 0. The minimum absolute atomic E-state index is 0.00898. The van der Waals surface area contributed by atoms with Gasteiger partial charge in [0.1, 0.15) is 0 Å². The molecule has 1 amide bonds. The van der Waals surface area contributed by atoms with E-state index in [1.807, 2.05) is 48.5 Å². The van der Waals surface area contributed by atoms with E-state index in [1.165, 1.54) is 4.68 Å². The number of hydrogen-bond acceptors (Lipinski definition) is 4. The number of rotatable bonds is 5. The Morgan fingerprint density at radius 1 is 1.04 bits per heavy atom. The van der Waals surface area contributed by atoms with Gasteiger partial charge in [0.05, 0.1) is 6.54 Å². The largest absolute Gasteiger partial charge is 0.350 e. The van der Waals surface area contributed by atoms with Gasteiger partial charge in [-0.3, -0.25) is 9.20 Å². The third-order valence-electron chi connectivity index (χ3n) is 5.08. The number of fused-ring (bicyclic) bond motifs is 1. The summed E-state index contributed by atoms with van der Waals surface area (Å²) in [4.78, 5) is 26.9. The van der Waals surface area contributed by atoms with Gasteiger partial charge in [0.15, 0.2) is 5.65 Å². The predicted molar refractivity (Wildman–Crippen MR) is 103 cm³/mol. The highest BCUT2D eigenvalue weighted by Gasteiger charge is 2.21. The summed E-state index contributed by atoms with van der Waals surface area (Å²) in [5, 5.41) is 7.49. The van der Waals surface area contributed by atoms with E-state index < -0.39 is 0 Å². The SMILES string of the molecule is O=C(NC1CCN(CCn2nc3ccccn3c2=O)CC1)c1ccccc1. The van der Waals surface area contributed by atoms with E-state index in [2.05, 4.69) is 15.3 Å². The Balaban J connectivity index is 1.27. The lowest BCUT2D eigenvalue weighted by Gasteiger charge is -2.32. The number of aromatic nitrogens is 3. The number of nitrogens with zero attached hydrogens (tertiary/aromatic N) is 4. The minimum atomic E-state index is -0.101. The number of benzene rings is 1. The zero-order valence-corrected chi connectivity index (χ0v) is 15.1. The molecule has 1 fully saturated rings. The van der Waals surface area contributed by atoms with Crippen LogP contribution in [-0.4, -0.2) is 50.7 Å². The van der Waals surface area contributed by atoms with Crippen LogP contribution >= 0.6 is 0 Å². The molecule has 1 N–H and O–H groups in total. The van der Waals surface area contributed by atoms with Gasteiger partial charge >= 0.3 is 5.69 Å². The molecular weight excluding hydrogens is 342 g/mol. The molecule has 7 nitrogen and oxygen atoms in total. The molecule has 1 aromatic carbocycles. The van der Waals surface area contributed by atoms with Crippen LogP contribution in [0.15, 0.2) is 59.5 Å². The van der Waals surface area contributed by atoms with Crippen molar-refractivity contribution in [3.05, 3.63) is 70.8 Å². The highest BCUT2D eigenvalue weighted by atomic mass is 16.2. The number of carbonyl (C=O) groups is 1. The first-order chi connectivity index (χ1) is 13.2. The average Bonchev–Trinajstić information content (AvgIpc) is 3.04. The Kier molecular flexibility index (Phi) is 5.02. The second-order valence-electron chi connectivity index (χ2n) is 6.89. The van der Waals surface area contributed by atoms with Gasteiger partial charge < -0.3 is 10.2 Å². The fourth-order valence-corrected chi connectivity index (χ4v) is 3.51. The molecule has 0 aliphatic carbocycles. The third-order valence-corrected chi connectivity index (χ3v) is 5.08. The lowest BCUT2D eigenvalue weighted by atomic mass is 10.0. The summed E-state index contributed by atoms with van der Waals surface area (Å²) in [6.07, 6.45) is 3.57. The van der Waals surface area contributed by atoms with Crippen molar-refractivity contribution >= 4 is 11.6 Å². The molecule has 0 bridgehead atoms. The molecule has 0 saturated carbocycles. The van der Waals surface area contributed by atoms with E-state index in [1.54, 1.807) is 10.6 Å². The van der Waals surface area contributed by atoms with Crippen LogP contribution in [0.25, 0.3) is 5.65 Å². The van der Waals surface area contributed by atoms with E-state index in [9.17, 15) is 9.59 Å². The molecule has 27 heavy (non-hydrogen) atoms. The quantitative estimate of drug-likeness (QED) is 0.742. The Labute approximate surface area is 157 Å². The number of likely N-dealkylation sites (tertiary alicyclic amines) is 1. The van der Waals surface area contributed by atoms with Crippen LogP contribution in [0, 0.1) is 0 Å². The molecule has 0 spiro atoms. The summed E-state index contributed by atoms with van der Waals surface area (Å²) in [6.45, 7) is 3.16. The first-order valence-corrected chi connectivity index (χ1v) is 9.33. The Bertz CT molecular complexity index is 971. The lowest BCUT2D eigenvalue weighted by Crippen LogP contribution is -2.45. The molecule has 1 saturated heterocycles. The number of nitrogens with one attached hydrogen (secondary N) is 1. The van der Waals surface area contributed by atoms with E-state index in [-0.39, 0.29) is 17.6 Å². The summed E-state index contributed by atoms with van der Waals surface area (Å²) in [6, 6.07) is 15.1. The van der Waals surface area contributed by atoms with Crippen molar-refractivity contribution in [2.45, 2.75) is 25.4 Å². The van der Waals surface area contributed by atoms with Crippen LogP contribution < -0.4 is 11.0 Å². The highest BCUT2D eigenvalue weighted by molar-refractivity contribution is 5.94. The maximum atomic E-state index is 12.3. The Morgan fingerprint density at radius 2 is 1.78 bits per heavy atom. The zero-order valence-electron chi connectivity index (χ0n) is 15.1. The highest BCUT2D eigenvalue weighted by Crippen LogP contribution is 2.11. The molecule has 0 radical (unpaired) electrons. The maximum Gasteiger partial charge on any atom is 0.350 e. The van der Waals surface area contributed by atoms with Gasteiger partial charge in [0.25, 0.3) is 5.91 Å². The number of hydrogen-bond donors (Lipinski definition) is 1. The van der Waals surface area contributed by atoms with Crippen LogP contribution in [-0.2, 0) is 6.54 Å². The van der Waals surface area contributed by atoms with Crippen LogP contribution in [0.3, 0.4) is 0 Å². The molecule has 7 heteroatoms. The van der Waals surface area contributed by atoms with Crippen molar-refractivity contribution in [1.29, 1.82) is 0 Å². The fraction of sp³-hybridized carbons (Fsp3) is 0.350. The van der Waals surface area contributed by atoms with Gasteiger partial charge in [0, 0.05) is 37.4 Å². The zero-order chi connectivity index (χ0) is 18.6. The van der Waals surface area contributed by atoms with Crippen molar-refractivity contribution in [3.8, 4) is 0 Å².